The molecule has 0 aliphatic heterocycles. The van der Waals surface area contributed by atoms with Gasteiger partial charge in [-0.15, -0.1) is 0 Å². The Bertz CT molecular complexity index is 873. The number of benzene rings is 1. The summed E-state index contributed by atoms with van der Waals surface area (Å²) >= 11 is 0. The first kappa shape index (κ1) is 11.4. The van der Waals surface area contributed by atoms with Crippen LogP contribution < -0.4 is 11.2 Å². The highest BCUT2D eigenvalue weighted by molar-refractivity contribution is 5.69. The second-order valence-electron chi connectivity index (χ2n) is 4.10. The SMILES string of the molecule is Cn1cnc2c(=O)n(-c3ccc(F)cc3)c(=O)[nH]c21. The number of hydrogen-bond acceptors (Lipinski definition) is 3. The highest BCUT2D eigenvalue weighted by Gasteiger charge is 2.12. The summed E-state index contributed by atoms with van der Waals surface area (Å²) in [5.74, 6) is -0.438. The zero-order chi connectivity index (χ0) is 13.6. The number of aromatic nitrogens is 4. The van der Waals surface area contributed by atoms with E-state index in [1.54, 1.807) is 11.6 Å². The molecule has 0 unspecified atom stereocenters. The van der Waals surface area contributed by atoms with Crippen LogP contribution in [0.1, 0.15) is 0 Å². The Kier molecular flexibility index (Phi) is 2.34. The van der Waals surface area contributed by atoms with Gasteiger partial charge in [-0.25, -0.2) is 18.7 Å². The molecule has 0 atom stereocenters. The Hall–Kier alpha value is -2.70. The largest absolute Gasteiger partial charge is 0.334 e. The molecule has 6 nitrogen and oxygen atoms in total. The minimum absolute atomic E-state index is 0.159. The molecular weight excluding hydrogens is 251 g/mol. The fourth-order valence-corrected chi connectivity index (χ4v) is 1.91. The van der Waals surface area contributed by atoms with E-state index in [0.29, 0.717) is 11.3 Å². The summed E-state index contributed by atoms with van der Waals surface area (Å²) in [5, 5.41) is 0. The lowest BCUT2D eigenvalue weighted by molar-refractivity contribution is 0.627. The maximum atomic E-state index is 12.9. The number of nitrogens with one attached hydrogen (secondary N) is 1. The summed E-state index contributed by atoms with van der Waals surface area (Å²) in [6, 6.07) is 5.09. The summed E-state index contributed by atoms with van der Waals surface area (Å²) < 4.78 is 15.3. The molecule has 1 aromatic carbocycles. The Labute approximate surface area is 105 Å². The van der Waals surface area contributed by atoms with Crippen LogP contribution in [0.3, 0.4) is 0 Å². The molecule has 0 bridgehead atoms. The minimum Gasteiger partial charge on any atom is -0.320 e. The van der Waals surface area contributed by atoms with E-state index in [1.807, 2.05) is 0 Å². The van der Waals surface area contributed by atoms with Crippen molar-refractivity contribution in [3.63, 3.8) is 0 Å². The van der Waals surface area contributed by atoms with Crippen LogP contribution in [0.25, 0.3) is 16.9 Å². The van der Waals surface area contributed by atoms with Crippen molar-refractivity contribution in [2.75, 3.05) is 0 Å². The molecule has 0 radical (unpaired) electrons. The maximum absolute atomic E-state index is 12.9. The monoisotopic (exact) mass is 260 g/mol. The smallest absolute Gasteiger partial charge is 0.320 e. The van der Waals surface area contributed by atoms with Crippen LogP contribution in [0.2, 0.25) is 0 Å². The number of halogens is 1. The molecule has 2 heterocycles. The van der Waals surface area contributed by atoms with Crippen LogP contribution in [-0.4, -0.2) is 19.1 Å². The zero-order valence-electron chi connectivity index (χ0n) is 9.92. The van der Waals surface area contributed by atoms with Gasteiger partial charge < -0.3 is 4.57 Å². The Morgan fingerprint density at radius 1 is 1.21 bits per heavy atom. The molecule has 0 saturated heterocycles. The number of fused-ring (bicyclic) bond motifs is 1. The van der Waals surface area contributed by atoms with Gasteiger partial charge in [-0.2, -0.15) is 0 Å². The molecule has 0 spiro atoms. The van der Waals surface area contributed by atoms with E-state index >= 15 is 0 Å². The second kappa shape index (κ2) is 3.91. The van der Waals surface area contributed by atoms with Crippen LogP contribution >= 0.6 is 0 Å². The van der Waals surface area contributed by atoms with E-state index < -0.39 is 17.1 Å². The Morgan fingerprint density at radius 2 is 1.89 bits per heavy atom. The third-order valence-corrected chi connectivity index (χ3v) is 2.86. The minimum atomic E-state index is -0.590. The summed E-state index contributed by atoms with van der Waals surface area (Å²) in [5.41, 5.74) is -0.321. The molecule has 2 aromatic heterocycles. The van der Waals surface area contributed by atoms with Crippen molar-refractivity contribution < 1.29 is 4.39 Å². The quantitative estimate of drug-likeness (QED) is 0.694. The summed E-state index contributed by atoms with van der Waals surface area (Å²) in [4.78, 5) is 30.7. The number of rotatable bonds is 1. The van der Waals surface area contributed by atoms with Crippen LogP contribution in [0, 0.1) is 5.82 Å². The number of aryl methyl sites for hydroxylation is 1. The predicted molar refractivity (Wildman–Crippen MR) is 66.9 cm³/mol. The van der Waals surface area contributed by atoms with Gasteiger partial charge in [-0.1, -0.05) is 0 Å². The highest BCUT2D eigenvalue weighted by Crippen LogP contribution is 2.06. The van der Waals surface area contributed by atoms with Crippen LogP contribution in [0.4, 0.5) is 4.39 Å². The van der Waals surface area contributed by atoms with Gasteiger partial charge >= 0.3 is 5.69 Å². The fraction of sp³-hybridized carbons (Fsp3) is 0.0833. The van der Waals surface area contributed by atoms with Crippen molar-refractivity contribution in [3.05, 3.63) is 57.2 Å². The van der Waals surface area contributed by atoms with Gasteiger partial charge in [-0.05, 0) is 24.3 Å². The van der Waals surface area contributed by atoms with Gasteiger partial charge in [0.1, 0.15) is 11.5 Å². The lowest BCUT2D eigenvalue weighted by Crippen LogP contribution is -2.33. The highest BCUT2D eigenvalue weighted by atomic mass is 19.1. The molecule has 0 amide bonds. The Balaban J connectivity index is 2.39. The van der Waals surface area contributed by atoms with Crippen molar-refractivity contribution in [3.8, 4) is 5.69 Å². The first-order chi connectivity index (χ1) is 9.08. The number of hydrogen-bond donors (Lipinski definition) is 1. The number of aromatic amines is 1. The average molecular weight is 260 g/mol. The van der Waals surface area contributed by atoms with E-state index in [2.05, 4.69) is 9.97 Å². The molecule has 3 aromatic rings. The van der Waals surface area contributed by atoms with Crippen molar-refractivity contribution in [1.29, 1.82) is 0 Å². The summed E-state index contributed by atoms with van der Waals surface area (Å²) in [6.07, 6.45) is 1.44. The average Bonchev–Trinajstić information content (AvgIpc) is 2.74. The zero-order valence-corrected chi connectivity index (χ0v) is 9.92. The van der Waals surface area contributed by atoms with E-state index in [0.717, 1.165) is 4.57 Å². The van der Waals surface area contributed by atoms with Gasteiger partial charge in [-0.3, -0.25) is 9.78 Å². The van der Waals surface area contributed by atoms with E-state index in [4.69, 9.17) is 0 Å². The van der Waals surface area contributed by atoms with Crippen molar-refractivity contribution in [1.82, 2.24) is 19.1 Å². The molecule has 96 valence electrons. The van der Waals surface area contributed by atoms with Crippen LogP contribution in [0.5, 0.6) is 0 Å². The molecule has 1 N–H and O–H groups in total. The lowest BCUT2D eigenvalue weighted by Gasteiger charge is -2.04. The number of nitrogens with zero attached hydrogens (tertiary/aromatic N) is 3. The molecule has 0 aliphatic rings. The molecule has 0 aliphatic carbocycles. The van der Waals surface area contributed by atoms with Crippen molar-refractivity contribution in [2.45, 2.75) is 0 Å². The van der Waals surface area contributed by atoms with E-state index in [1.165, 1.54) is 30.6 Å². The standard InChI is InChI=1S/C12H9FN4O2/c1-16-6-14-9-10(16)15-12(19)17(11(9)18)8-4-2-7(13)3-5-8/h2-6H,1H3,(H,15,19). The fourth-order valence-electron chi connectivity index (χ4n) is 1.91. The molecular formula is C12H9FN4O2. The van der Waals surface area contributed by atoms with Gasteiger partial charge in [0.15, 0.2) is 5.52 Å². The first-order valence-electron chi connectivity index (χ1n) is 5.50. The van der Waals surface area contributed by atoms with Crippen molar-refractivity contribution in [2.24, 2.45) is 7.05 Å². The third kappa shape index (κ3) is 1.67. The molecule has 3 rings (SSSR count). The van der Waals surface area contributed by atoms with Crippen molar-refractivity contribution >= 4 is 11.2 Å². The summed E-state index contributed by atoms with van der Waals surface area (Å²) in [6.45, 7) is 0. The molecule has 7 heteroatoms. The third-order valence-electron chi connectivity index (χ3n) is 2.86. The van der Waals surface area contributed by atoms with Gasteiger partial charge in [0.2, 0.25) is 0 Å². The predicted octanol–water partition coefficient (Wildman–Crippen LogP) is 0.552. The van der Waals surface area contributed by atoms with Crippen LogP contribution in [-0.2, 0) is 7.05 Å². The maximum Gasteiger partial charge on any atom is 0.334 e. The van der Waals surface area contributed by atoms with E-state index in [-0.39, 0.29) is 5.52 Å². The van der Waals surface area contributed by atoms with Gasteiger partial charge in [0.25, 0.3) is 5.56 Å². The van der Waals surface area contributed by atoms with Crippen LogP contribution in [0.15, 0.2) is 40.2 Å². The summed E-state index contributed by atoms with van der Waals surface area (Å²) in [7, 11) is 1.67. The van der Waals surface area contributed by atoms with Gasteiger partial charge in [0.05, 0.1) is 12.0 Å². The first-order valence-corrected chi connectivity index (χ1v) is 5.50. The second-order valence-corrected chi connectivity index (χ2v) is 4.10. The molecule has 19 heavy (non-hydrogen) atoms. The lowest BCUT2D eigenvalue weighted by atomic mass is 10.3. The molecule has 0 saturated carbocycles. The van der Waals surface area contributed by atoms with Gasteiger partial charge in [0, 0.05) is 7.05 Å². The number of H-pyrrole nitrogens is 1. The van der Waals surface area contributed by atoms with E-state index in [9.17, 15) is 14.0 Å². The topological polar surface area (TPSA) is 72.7 Å². The normalized spacial score (nSPS) is 11.1. The number of imidazole rings is 1. The molecule has 0 fully saturated rings. The Morgan fingerprint density at radius 3 is 2.58 bits per heavy atom.